The summed E-state index contributed by atoms with van der Waals surface area (Å²) in [6.07, 6.45) is 6.09. The van der Waals surface area contributed by atoms with Gasteiger partial charge in [0.2, 0.25) is 0 Å². The Hall–Kier alpha value is 1.40. The second-order valence-electron chi connectivity index (χ2n) is 5.88. The molecule has 0 aromatic rings. The van der Waals surface area contributed by atoms with Gasteiger partial charge in [0.25, 0.3) is 0 Å². The highest BCUT2D eigenvalue weighted by Crippen LogP contribution is 2.38. The van der Waals surface area contributed by atoms with E-state index in [0.29, 0.717) is 0 Å². The van der Waals surface area contributed by atoms with E-state index in [1.54, 1.807) is 6.42 Å². The standard InChI is InChI=1S/C14H24S4/c1-2-11(5-17-13-7-15-8-13)4-12(3-1)6-18-14-9-16-10-14/h11-14H,1-10H2. The van der Waals surface area contributed by atoms with E-state index >= 15 is 0 Å². The van der Waals surface area contributed by atoms with Crippen LogP contribution in [0.3, 0.4) is 0 Å². The van der Waals surface area contributed by atoms with Gasteiger partial charge in [-0.15, -0.1) is 0 Å². The summed E-state index contributed by atoms with van der Waals surface area (Å²) < 4.78 is 0. The van der Waals surface area contributed by atoms with Gasteiger partial charge < -0.3 is 0 Å². The molecule has 2 atom stereocenters. The first-order chi connectivity index (χ1) is 8.90. The quantitative estimate of drug-likeness (QED) is 0.707. The lowest BCUT2D eigenvalue weighted by Gasteiger charge is -2.33. The average Bonchev–Trinajstić information content (AvgIpc) is 2.25. The minimum absolute atomic E-state index is 1.01. The van der Waals surface area contributed by atoms with Crippen LogP contribution in [0.2, 0.25) is 0 Å². The Labute approximate surface area is 129 Å². The molecule has 2 saturated heterocycles. The predicted molar refractivity (Wildman–Crippen MR) is 92.6 cm³/mol. The monoisotopic (exact) mass is 320 g/mol. The minimum atomic E-state index is 1.01. The number of rotatable bonds is 6. The first-order valence-electron chi connectivity index (χ1n) is 7.29. The van der Waals surface area contributed by atoms with Crippen molar-refractivity contribution in [2.75, 3.05) is 34.5 Å². The van der Waals surface area contributed by atoms with Gasteiger partial charge in [0, 0.05) is 33.5 Å². The molecule has 0 aromatic heterocycles. The highest BCUT2D eigenvalue weighted by Gasteiger charge is 2.26. The smallest absolute Gasteiger partial charge is 0.0228 e. The van der Waals surface area contributed by atoms with Crippen molar-refractivity contribution in [1.29, 1.82) is 0 Å². The zero-order valence-electron chi connectivity index (χ0n) is 11.0. The molecule has 0 amide bonds. The van der Waals surface area contributed by atoms with Crippen molar-refractivity contribution < 1.29 is 0 Å². The van der Waals surface area contributed by atoms with E-state index in [4.69, 9.17) is 0 Å². The average molecular weight is 321 g/mol. The summed E-state index contributed by atoms with van der Waals surface area (Å²) in [4.78, 5) is 0. The zero-order chi connectivity index (χ0) is 12.2. The summed E-state index contributed by atoms with van der Waals surface area (Å²) in [7, 11) is 0. The van der Waals surface area contributed by atoms with Gasteiger partial charge >= 0.3 is 0 Å². The molecule has 2 aliphatic heterocycles. The molecule has 3 rings (SSSR count). The summed E-state index contributed by atoms with van der Waals surface area (Å²) in [5, 5.41) is 2.02. The zero-order valence-corrected chi connectivity index (χ0v) is 14.3. The minimum Gasteiger partial charge on any atom is -0.160 e. The van der Waals surface area contributed by atoms with E-state index in [1.165, 1.54) is 53.8 Å². The van der Waals surface area contributed by atoms with Crippen molar-refractivity contribution in [1.82, 2.24) is 0 Å². The largest absolute Gasteiger partial charge is 0.160 e. The van der Waals surface area contributed by atoms with E-state index in [-0.39, 0.29) is 0 Å². The first kappa shape index (κ1) is 14.3. The van der Waals surface area contributed by atoms with Crippen LogP contribution in [-0.4, -0.2) is 45.0 Å². The van der Waals surface area contributed by atoms with Crippen LogP contribution in [0.25, 0.3) is 0 Å². The van der Waals surface area contributed by atoms with Gasteiger partial charge in [-0.2, -0.15) is 47.0 Å². The number of hydrogen-bond acceptors (Lipinski definition) is 4. The molecule has 3 aliphatic rings. The van der Waals surface area contributed by atoms with Gasteiger partial charge in [-0.25, -0.2) is 0 Å². The molecule has 0 radical (unpaired) electrons. The lowest BCUT2D eigenvalue weighted by atomic mass is 9.83. The van der Waals surface area contributed by atoms with Gasteiger partial charge in [0.15, 0.2) is 0 Å². The van der Waals surface area contributed by atoms with Crippen molar-refractivity contribution in [3.05, 3.63) is 0 Å². The number of thioether (sulfide) groups is 4. The Morgan fingerprint density at radius 1 is 0.778 bits per heavy atom. The molecule has 0 bridgehead atoms. The van der Waals surface area contributed by atoms with Crippen molar-refractivity contribution in [3.63, 3.8) is 0 Å². The molecular weight excluding hydrogens is 296 g/mol. The molecule has 0 aromatic carbocycles. The Kier molecular flexibility index (Phi) is 5.91. The molecule has 3 fully saturated rings. The Bertz CT molecular complexity index is 226. The van der Waals surface area contributed by atoms with Crippen LogP contribution in [-0.2, 0) is 0 Å². The maximum atomic E-state index is 2.28. The molecule has 1 aliphatic carbocycles. The summed E-state index contributed by atoms with van der Waals surface area (Å²) in [6.45, 7) is 0. The molecule has 0 nitrogen and oxygen atoms in total. The van der Waals surface area contributed by atoms with Crippen LogP contribution in [0, 0.1) is 11.8 Å². The third-order valence-electron chi connectivity index (χ3n) is 4.24. The second kappa shape index (κ2) is 7.42. The fraction of sp³-hybridized carbons (Fsp3) is 1.00. The highest BCUT2D eigenvalue weighted by atomic mass is 32.2. The fourth-order valence-electron chi connectivity index (χ4n) is 2.87. The van der Waals surface area contributed by atoms with Gasteiger partial charge in [-0.05, 0) is 42.6 Å². The summed E-state index contributed by atoms with van der Waals surface area (Å²) in [5.74, 6) is 10.7. The van der Waals surface area contributed by atoms with Crippen LogP contribution in [0.5, 0.6) is 0 Å². The number of hydrogen-bond donors (Lipinski definition) is 0. The molecule has 18 heavy (non-hydrogen) atoms. The maximum Gasteiger partial charge on any atom is 0.0228 e. The molecule has 2 unspecified atom stereocenters. The topological polar surface area (TPSA) is 0 Å². The van der Waals surface area contributed by atoms with E-state index in [2.05, 4.69) is 47.0 Å². The Morgan fingerprint density at radius 2 is 1.28 bits per heavy atom. The van der Waals surface area contributed by atoms with Crippen molar-refractivity contribution in [2.45, 2.75) is 36.2 Å². The normalized spacial score (nSPS) is 34.0. The molecule has 1 saturated carbocycles. The molecule has 4 heteroatoms. The van der Waals surface area contributed by atoms with Crippen LogP contribution in [0.4, 0.5) is 0 Å². The molecular formula is C14H24S4. The van der Waals surface area contributed by atoms with E-state index < -0.39 is 0 Å². The fourth-order valence-corrected chi connectivity index (χ4v) is 8.11. The van der Waals surface area contributed by atoms with Crippen molar-refractivity contribution in [3.8, 4) is 0 Å². The summed E-state index contributed by atoms with van der Waals surface area (Å²) >= 11 is 8.81. The van der Waals surface area contributed by atoms with Gasteiger partial charge in [0.05, 0.1) is 0 Å². The third kappa shape index (κ3) is 4.20. The van der Waals surface area contributed by atoms with Crippen molar-refractivity contribution >= 4 is 47.0 Å². The summed E-state index contributed by atoms with van der Waals surface area (Å²) in [6, 6.07) is 0. The highest BCUT2D eigenvalue weighted by molar-refractivity contribution is 8.07. The lowest BCUT2D eigenvalue weighted by Crippen LogP contribution is -2.26. The van der Waals surface area contributed by atoms with Gasteiger partial charge in [-0.1, -0.05) is 6.42 Å². The van der Waals surface area contributed by atoms with Crippen LogP contribution >= 0.6 is 47.0 Å². The Morgan fingerprint density at radius 3 is 1.67 bits per heavy atom. The van der Waals surface area contributed by atoms with E-state index in [9.17, 15) is 0 Å². The van der Waals surface area contributed by atoms with E-state index in [1.807, 2.05) is 0 Å². The van der Waals surface area contributed by atoms with Crippen LogP contribution < -0.4 is 0 Å². The molecule has 0 N–H and O–H groups in total. The lowest BCUT2D eigenvalue weighted by molar-refractivity contribution is 0.309. The van der Waals surface area contributed by atoms with Gasteiger partial charge in [-0.3, -0.25) is 0 Å². The second-order valence-corrected chi connectivity index (χ2v) is 10.7. The Balaban J connectivity index is 1.32. The van der Waals surface area contributed by atoms with Crippen LogP contribution in [0.15, 0.2) is 0 Å². The van der Waals surface area contributed by atoms with Crippen molar-refractivity contribution in [2.24, 2.45) is 11.8 Å². The van der Waals surface area contributed by atoms with E-state index in [0.717, 1.165) is 22.3 Å². The first-order valence-corrected chi connectivity index (χ1v) is 11.7. The van der Waals surface area contributed by atoms with Gasteiger partial charge in [0.1, 0.15) is 0 Å². The summed E-state index contributed by atoms with van der Waals surface area (Å²) in [5.41, 5.74) is 0. The predicted octanol–water partition coefficient (Wildman–Crippen LogP) is 4.49. The third-order valence-corrected chi connectivity index (χ3v) is 10.6. The SMILES string of the molecule is C1CC(CSC2CSC2)CC(CSC2CSC2)C1. The maximum absolute atomic E-state index is 2.28. The molecule has 2 heterocycles. The molecule has 0 spiro atoms. The van der Waals surface area contributed by atoms with Crippen LogP contribution in [0.1, 0.15) is 25.7 Å². The molecule has 104 valence electrons.